The molecule has 1 fully saturated rings. The predicted molar refractivity (Wildman–Crippen MR) is 123 cm³/mol. The van der Waals surface area contributed by atoms with Crippen molar-refractivity contribution in [2.75, 3.05) is 31.1 Å². The lowest BCUT2D eigenvalue weighted by Crippen LogP contribution is -2.39. The first kappa shape index (κ1) is 25.2. The molecular formula is C23H28ClF3N2O2S. The van der Waals surface area contributed by atoms with Crippen molar-refractivity contribution < 1.29 is 23.0 Å². The van der Waals surface area contributed by atoms with Gasteiger partial charge in [-0.1, -0.05) is 23.9 Å². The summed E-state index contributed by atoms with van der Waals surface area (Å²) in [5.74, 6) is 0. The van der Waals surface area contributed by atoms with Crippen molar-refractivity contribution in [3.63, 3.8) is 0 Å². The number of nitrogens with zero attached hydrogens (tertiary/aromatic N) is 2. The second-order valence-corrected chi connectivity index (χ2v) is 9.12. The number of aliphatic hydroxyl groups excluding tert-OH is 1. The highest BCUT2D eigenvalue weighted by Gasteiger charge is 2.33. The summed E-state index contributed by atoms with van der Waals surface area (Å²) in [5.41, 5.74) is 0.974. The van der Waals surface area contributed by atoms with Gasteiger partial charge in [0.15, 0.2) is 6.29 Å². The van der Waals surface area contributed by atoms with Crippen molar-refractivity contribution in [2.45, 2.75) is 54.5 Å². The number of ether oxygens (including phenoxy) is 1. The van der Waals surface area contributed by atoms with Crippen LogP contribution in [0.15, 0.2) is 52.3 Å². The maximum absolute atomic E-state index is 13.3. The average molecular weight is 489 g/mol. The van der Waals surface area contributed by atoms with Crippen LogP contribution < -0.4 is 4.90 Å². The lowest BCUT2D eigenvalue weighted by molar-refractivity contribution is -0.137. The standard InChI is InChI=1S/C23H27F3N2O2S.ClH/c1-16(29)30-18-9-13-27(14-10-18)11-4-12-28-19-5-2-3-6-21(19)31-22-8-7-17(15-20(22)28)23(24,25)26;/h2-3,5-8,15-16,18,29H,4,9-14H2,1H3;1H. The highest BCUT2D eigenvalue weighted by Crippen LogP contribution is 2.49. The summed E-state index contributed by atoms with van der Waals surface area (Å²) in [7, 11) is 0. The van der Waals surface area contributed by atoms with E-state index in [1.54, 1.807) is 13.0 Å². The lowest BCUT2D eigenvalue weighted by Gasteiger charge is -2.35. The van der Waals surface area contributed by atoms with Crippen molar-refractivity contribution in [3.05, 3.63) is 48.0 Å². The van der Waals surface area contributed by atoms with Crippen LogP contribution in [0, 0.1) is 0 Å². The van der Waals surface area contributed by atoms with Crippen molar-refractivity contribution in [3.8, 4) is 0 Å². The molecule has 4 rings (SSSR count). The van der Waals surface area contributed by atoms with Crippen molar-refractivity contribution >= 4 is 35.5 Å². The number of halogens is 4. The van der Waals surface area contributed by atoms with Crippen LogP contribution in [0.2, 0.25) is 0 Å². The van der Waals surface area contributed by atoms with Gasteiger partial charge in [0.2, 0.25) is 0 Å². The molecule has 1 saturated heterocycles. The smallest absolute Gasteiger partial charge is 0.368 e. The number of alkyl halides is 3. The van der Waals surface area contributed by atoms with Gasteiger partial charge in [-0.2, -0.15) is 13.2 Å². The van der Waals surface area contributed by atoms with Crippen LogP contribution in [0.1, 0.15) is 31.7 Å². The Morgan fingerprint density at radius 1 is 1.06 bits per heavy atom. The van der Waals surface area contributed by atoms with Gasteiger partial charge >= 0.3 is 6.18 Å². The number of aliphatic hydroxyl groups is 1. The Balaban J connectivity index is 0.00000289. The molecule has 0 amide bonds. The Labute approximate surface area is 197 Å². The Hall–Kier alpha value is -1.45. The van der Waals surface area contributed by atoms with E-state index >= 15 is 0 Å². The molecule has 0 spiro atoms. The molecule has 4 nitrogen and oxygen atoms in total. The molecule has 0 radical (unpaired) electrons. The minimum atomic E-state index is -4.36. The molecule has 2 aromatic carbocycles. The first-order chi connectivity index (χ1) is 14.8. The molecule has 0 saturated carbocycles. The van der Waals surface area contributed by atoms with Crippen molar-refractivity contribution in [1.82, 2.24) is 4.90 Å². The lowest BCUT2D eigenvalue weighted by atomic mass is 10.1. The van der Waals surface area contributed by atoms with Gasteiger partial charge in [-0.15, -0.1) is 12.4 Å². The molecule has 0 aliphatic carbocycles. The van der Waals surface area contributed by atoms with E-state index in [0.29, 0.717) is 12.2 Å². The maximum atomic E-state index is 13.3. The Morgan fingerprint density at radius 3 is 2.44 bits per heavy atom. The number of likely N-dealkylation sites (tertiary alicyclic amines) is 1. The van der Waals surface area contributed by atoms with Gasteiger partial charge < -0.3 is 19.6 Å². The van der Waals surface area contributed by atoms with Gasteiger partial charge in [0.1, 0.15) is 0 Å². The third kappa shape index (κ3) is 5.91. The third-order valence-electron chi connectivity index (χ3n) is 5.73. The van der Waals surface area contributed by atoms with Crippen LogP contribution in [0.3, 0.4) is 0 Å². The first-order valence-corrected chi connectivity index (χ1v) is 11.4. The molecule has 1 atom stereocenters. The minimum Gasteiger partial charge on any atom is -0.368 e. The number of hydrogen-bond acceptors (Lipinski definition) is 5. The summed E-state index contributed by atoms with van der Waals surface area (Å²) in [6.07, 6.45) is -2.40. The zero-order chi connectivity index (χ0) is 22.0. The molecule has 9 heteroatoms. The topological polar surface area (TPSA) is 35.9 Å². The van der Waals surface area contributed by atoms with Crippen molar-refractivity contribution in [2.24, 2.45) is 0 Å². The molecule has 2 aliphatic heterocycles. The number of hydrogen-bond donors (Lipinski definition) is 1. The zero-order valence-electron chi connectivity index (χ0n) is 17.8. The second kappa shape index (κ2) is 10.7. The summed E-state index contributed by atoms with van der Waals surface area (Å²) in [6, 6.07) is 11.9. The highest BCUT2D eigenvalue weighted by molar-refractivity contribution is 7.99. The fourth-order valence-electron chi connectivity index (χ4n) is 4.25. The summed E-state index contributed by atoms with van der Waals surface area (Å²) in [6.45, 7) is 4.96. The second-order valence-electron chi connectivity index (χ2n) is 8.03. The van der Waals surface area contributed by atoms with Crippen LogP contribution in [-0.4, -0.2) is 48.6 Å². The van der Waals surface area contributed by atoms with Crippen LogP contribution in [0.25, 0.3) is 0 Å². The van der Waals surface area contributed by atoms with E-state index in [2.05, 4.69) is 4.90 Å². The first-order valence-electron chi connectivity index (χ1n) is 10.6. The van der Waals surface area contributed by atoms with E-state index in [4.69, 9.17) is 4.74 Å². The largest absolute Gasteiger partial charge is 0.416 e. The Kier molecular flexibility index (Phi) is 8.38. The molecular weight excluding hydrogens is 461 g/mol. The predicted octanol–water partition coefficient (Wildman–Crippen LogP) is 5.94. The van der Waals surface area contributed by atoms with Gasteiger partial charge in [-0.05, 0) is 63.1 Å². The monoisotopic (exact) mass is 488 g/mol. The van der Waals surface area contributed by atoms with E-state index in [0.717, 1.165) is 60.4 Å². The van der Waals surface area contributed by atoms with Crippen LogP contribution >= 0.6 is 24.2 Å². The molecule has 32 heavy (non-hydrogen) atoms. The van der Waals surface area contributed by atoms with Gasteiger partial charge in [0, 0.05) is 29.4 Å². The van der Waals surface area contributed by atoms with Crippen molar-refractivity contribution in [1.29, 1.82) is 0 Å². The number of rotatable bonds is 6. The zero-order valence-corrected chi connectivity index (χ0v) is 19.5. The quantitative estimate of drug-likeness (QED) is 0.509. The van der Waals surface area contributed by atoms with E-state index in [-0.39, 0.29) is 18.5 Å². The molecule has 2 aromatic rings. The fraction of sp³-hybridized carbons (Fsp3) is 0.478. The molecule has 2 heterocycles. The average Bonchev–Trinajstić information content (AvgIpc) is 2.73. The molecule has 176 valence electrons. The molecule has 1 unspecified atom stereocenters. The normalized spacial score (nSPS) is 18.0. The van der Waals surface area contributed by atoms with Gasteiger partial charge in [-0.25, -0.2) is 0 Å². The summed E-state index contributed by atoms with van der Waals surface area (Å²) >= 11 is 1.52. The maximum Gasteiger partial charge on any atom is 0.416 e. The fourth-order valence-corrected chi connectivity index (χ4v) is 5.32. The molecule has 1 N–H and O–H groups in total. The van der Waals surface area contributed by atoms with Gasteiger partial charge in [0.25, 0.3) is 0 Å². The molecule has 2 aliphatic rings. The number of benzene rings is 2. The molecule has 0 bridgehead atoms. The Bertz CT molecular complexity index is 905. The van der Waals surface area contributed by atoms with Gasteiger partial charge in [-0.3, -0.25) is 0 Å². The molecule has 0 aromatic heterocycles. The van der Waals surface area contributed by atoms with E-state index < -0.39 is 18.0 Å². The van der Waals surface area contributed by atoms with Crippen LogP contribution in [-0.2, 0) is 10.9 Å². The van der Waals surface area contributed by atoms with E-state index in [1.165, 1.54) is 17.8 Å². The highest BCUT2D eigenvalue weighted by atomic mass is 35.5. The number of anilines is 2. The number of fused-ring (bicyclic) bond motifs is 2. The van der Waals surface area contributed by atoms with Crippen LogP contribution in [0.4, 0.5) is 24.5 Å². The summed E-state index contributed by atoms with van der Waals surface area (Å²) in [5, 5.41) is 9.37. The third-order valence-corrected chi connectivity index (χ3v) is 6.86. The SMILES string of the molecule is CC(O)OC1CCN(CCCN2c3ccccc3Sc3ccc(C(F)(F)F)cc32)CC1.Cl. The van der Waals surface area contributed by atoms with E-state index in [9.17, 15) is 18.3 Å². The minimum absolute atomic E-state index is 0. The summed E-state index contributed by atoms with van der Waals surface area (Å²) < 4.78 is 45.5. The van der Waals surface area contributed by atoms with E-state index in [1.807, 2.05) is 29.2 Å². The van der Waals surface area contributed by atoms with Crippen LogP contribution in [0.5, 0.6) is 0 Å². The Morgan fingerprint density at radius 2 is 1.75 bits per heavy atom. The number of para-hydroxylation sites is 1. The number of piperidine rings is 1. The summed E-state index contributed by atoms with van der Waals surface area (Å²) in [4.78, 5) is 6.30. The van der Waals surface area contributed by atoms with Gasteiger partial charge in [0.05, 0.1) is 23.0 Å².